The Morgan fingerprint density at radius 3 is 2.22 bits per heavy atom. The normalized spacial score (nSPS) is 12.4. The number of aliphatic carboxylic acids is 1. The van der Waals surface area contributed by atoms with Crippen molar-refractivity contribution in [3.63, 3.8) is 0 Å². The molecule has 4 rings (SSSR count). The molecule has 1 aliphatic carbocycles. The highest BCUT2D eigenvalue weighted by molar-refractivity contribution is 5.79. The van der Waals surface area contributed by atoms with Gasteiger partial charge in [0.2, 0.25) is 0 Å². The van der Waals surface area contributed by atoms with E-state index in [0.717, 1.165) is 25.1 Å². The maximum absolute atomic E-state index is 12.5. The molecule has 0 spiro atoms. The molecule has 0 saturated heterocycles. The number of carboxylic acids is 1. The van der Waals surface area contributed by atoms with E-state index in [1.54, 1.807) is 0 Å². The Labute approximate surface area is 188 Å². The second-order valence-electron chi connectivity index (χ2n) is 8.31. The average Bonchev–Trinajstić information content (AvgIpc) is 3.38. The Balaban J connectivity index is 1.27. The number of nitrogens with zero attached hydrogens (tertiary/aromatic N) is 1. The molecule has 0 fully saturated rings. The van der Waals surface area contributed by atoms with Crippen LogP contribution in [-0.4, -0.2) is 28.2 Å². The fourth-order valence-electron chi connectivity index (χ4n) is 4.55. The van der Waals surface area contributed by atoms with E-state index >= 15 is 0 Å². The molecule has 166 valence electrons. The van der Waals surface area contributed by atoms with Gasteiger partial charge < -0.3 is 14.4 Å². The zero-order chi connectivity index (χ0) is 22.3. The smallest absolute Gasteiger partial charge is 0.306 e. The molecule has 3 aromatic rings. The summed E-state index contributed by atoms with van der Waals surface area (Å²) in [5.41, 5.74) is 6.00. The van der Waals surface area contributed by atoms with Gasteiger partial charge in [-0.05, 0) is 53.6 Å². The van der Waals surface area contributed by atoms with E-state index in [1.165, 1.54) is 22.3 Å². The number of carbonyl (C=O) groups excluding carboxylic acids is 1. The van der Waals surface area contributed by atoms with Crippen LogP contribution in [0.15, 0.2) is 66.9 Å². The van der Waals surface area contributed by atoms with E-state index in [9.17, 15) is 9.59 Å². The number of aryl methyl sites for hydroxylation is 2. The molecule has 1 N–H and O–H groups in total. The lowest BCUT2D eigenvalue weighted by Gasteiger charge is -2.14. The van der Waals surface area contributed by atoms with Crippen molar-refractivity contribution in [3.05, 3.63) is 83.7 Å². The Bertz CT molecular complexity index is 1040. The second kappa shape index (κ2) is 10.3. The van der Waals surface area contributed by atoms with Crippen LogP contribution in [0.4, 0.5) is 0 Å². The van der Waals surface area contributed by atoms with E-state index in [4.69, 9.17) is 9.84 Å². The Kier molecular flexibility index (Phi) is 7.05. The number of rotatable bonds is 11. The van der Waals surface area contributed by atoms with Gasteiger partial charge in [-0.2, -0.15) is 0 Å². The average molecular weight is 432 g/mol. The van der Waals surface area contributed by atoms with Crippen molar-refractivity contribution in [3.8, 4) is 11.1 Å². The molecule has 0 bridgehead atoms. The minimum atomic E-state index is -0.741. The predicted octanol–water partition coefficient (Wildman–Crippen LogP) is 5.42. The maximum atomic E-state index is 12.5. The number of hydrogen-bond acceptors (Lipinski definition) is 3. The molecule has 5 nitrogen and oxygen atoms in total. The minimum Gasteiger partial charge on any atom is -0.481 e. The molecular weight excluding hydrogens is 402 g/mol. The van der Waals surface area contributed by atoms with Crippen LogP contribution in [0, 0.1) is 0 Å². The first-order chi connectivity index (χ1) is 15.6. The molecule has 0 aliphatic heterocycles. The third-order valence-electron chi connectivity index (χ3n) is 6.17. The van der Waals surface area contributed by atoms with Crippen LogP contribution in [-0.2, 0) is 27.3 Å². The van der Waals surface area contributed by atoms with Gasteiger partial charge in [-0.15, -0.1) is 0 Å². The first kappa shape index (κ1) is 21.9. The topological polar surface area (TPSA) is 68.5 Å². The largest absolute Gasteiger partial charge is 0.481 e. The number of benzene rings is 2. The van der Waals surface area contributed by atoms with Gasteiger partial charge in [0.1, 0.15) is 6.61 Å². The van der Waals surface area contributed by atoms with E-state index in [-0.39, 0.29) is 18.3 Å². The van der Waals surface area contributed by atoms with Gasteiger partial charge in [-0.25, -0.2) is 0 Å². The number of unbranched alkanes of at least 4 members (excludes halogenated alkanes) is 2. The summed E-state index contributed by atoms with van der Waals surface area (Å²) in [6.07, 6.45) is 5.74. The third-order valence-corrected chi connectivity index (χ3v) is 6.17. The molecule has 2 aromatic carbocycles. The lowest BCUT2D eigenvalue weighted by molar-refractivity contribution is -0.144. The van der Waals surface area contributed by atoms with Crippen molar-refractivity contribution in [1.29, 1.82) is 0 Å². The lowest BCUT2D eigenvalue weighted by Crippen LogP contribution is -2.14. The van der Waals surface area contributed by atoms with E-state index in [2.05, 4.69) is 28.8 Å². The van der Waals surface area contributed by atoms with Crippen LogP contribution in [0.1, 0.15) is 54.8 Å². The standard InChI is InChI=1S/C27H29NO4/c29-26(30)14-2-1-7-17-28-18-8-9-20(28)15-16-27(31)32-19-25-23-12-5-3-10-21(23)22-11-4-6-13-24(22)25/h3-6,8-13,18,25H,1-2,7,14-17,19H2,(H,29,30). The molecule has 0 amide bonds. The molecule has 0 radical (unpaired) electrons. The van der Waals surface area contributed by atoms with Gasteiger partial charge in [0, 0.05) is 30.8 Å². The molecule has 1 aromatic heterocycles. The third kappa shape index (κ3) is 5.10. The molecular formula is C27H29NO4. The number of carbonyl (C=O) groups is 2. The molecule has 1 heterocycles. The van der Waals surface area contributed by atoms with Crippen LogP contribution in [0.5, 0.6) is 0 Å². The van der Waals surface area contributed by atoms with Gasteiger partial charge >= 0.3 is 11.9 Å². The summed E-state index contributed by atoms with van der Waals surface area (Å²) in [6.45, 7) is 1.20. The van der Waals surface area contributed by atoms with Crippen LogP contribution < -0.4 is 0 Å². The molecule has 0 unspecified atom stereocenters. The van der Waals surface area contributed by atoms with Crippen LogP contribution in [0.2, 0.25) is 0 Å². The zero-order valence-corrected chi connectivity index (χ0v) is 18.2. The fourth-order valence-corrected chi connectivity index (χ4v) is 4.55. The second-order valence-corrected chi connectivity index (χ2v) is 8.31. The van der Waals surface area contributed by atoms with Crippen molar-refractivity contribution < 1.29 is 19.4 Å². The number of esters is 1. The minimum absolute atomic E-state index is 0.0843. The molecule has 0 atom stereocenters. The lowest BCUT2D eigenvalue weighted by atomic mass is 9.98. The van der Waals surface area contributed by atoms with E-state index < -0.39 is 5.97 Å². The van der Waals surface area contributed by atoms with Crippen LogP contribution in [0.3, 0.4) is 0 Å². The van der Waals surface area contributed by atoms with Gasteiger partial charge in [0.15, 0.2) is 0 Å². The summed E-state index contributed by atoms with van der Waals surface area (Å²) < 4.78 is 7.86. The number of ether oxygens (including phenoxy) is 1. The Hall–Kier alpha value is -3.34. The first-order valence-corrected chi connectivity index (χ1v) is 11.3. The molecule has 1 aliphatic rings. The molecule has 0 saturated carbocycles. The highest BCUT2D eigenvalue weighted by Gasteiger charge is 2.28. The Morgan fingerprint density at radius 1 is 0.844 bits per heavy atom. The van der Waals surface area contributed by atoms with Gasteiger partial charge in [0.05, 0.1) is 6.42 Å². The highest BCUT2D eigenvalue weighted by Crippen LogP contribution is 2.44. The monoisotopic (exact) mass is 431 g/mol. The zero-order valence-electron chi connectivity index (χ0n) is 18.2. The Morgan fingerprint density at radius 2 is 1.53 bits per heavy atom. The van der Waals surface area contributed by atoms with Gasteiger partial charge in [-0.1, -0.05) is 55.0 Å². The van der Waals surface area contributed by atoms with E-state index in [0.29, 0.717) is 25.9 Å². The predicted molar refractivity (Wildman–Crippen MR) is 124 cm³/mol. The molecule has 32 heavy (non-hydrogen) atoms. The quantitative estimate of drug-likeness (QED) is 0.325. The highest BCUT2D eigenvalue weighted by atomic mass is 16.5. The van der Waals surface area contributed by atoms with Crippen molar-refractivity contribution in [2.75, 3.05) is 6.61 Å². The van der Waals surface area contributed by atoms with Crippen molar-refractivity contribution in [1.82, 2.24) is 4.57 Å². The number of hydrogen-bond donors (Lipinski definition) is 1. The van der Waals surface area contributed by atoms with Gasteiger partial charge in [-0.3, -0.25) is 9.59 Å². The number of carboxylic acid groups (broad SMARTS) is 1. The summed E-state index contributed by atoms with van der Waals surface area (Å²) >= 11 is 0. The first-order valence-electron chi connectivity index (χ1n) is 11.3. The van der Waals surface area contributed by atoms with Crippen molar-refractivity contribution in [2.45, 2.75) is 51.0 Å². The summed E-state index contributed by atoms with van der Waals surface area (Å²) in [6, 6.07) is 20.7. The maximum Gasteiger partial charge on any atom is 0.306 e. The summed E-state index contributed by atoms with van der Waals surface area (Å²) in [4.78, 5) is 23.1. The van der Waals surface area contributed by atoms with Crippen LogP contribution in [0.25, 0.3) is 11.1 Å². The van der Waals surface area contributed by atoms with Crippen molar-refractivity contribution >= 4 is 11.9 Å². The SMILES string of the molecule is O=C(O)CCCCCn1cccc1CCC(=O)OCC1c2ccccc2-c2ccccc21. The summed E-state index contributed by atoms with van der Waals surface area (Å²) in [5, 5.41) is 8.72. The summed E-state index contributed by atoms with van der Waals surface area (Å²) in [7, 11) is 0. The van der Waals surface area contributed by atoms with Crippen LogP contribution >= 0.6 is 0 Å². The fraction of sp³-hybridized carbons (Fsp3) is 0.333. The van der Waals surface area contributed by atoms with Crippen molar-refractivity contribution in [2.24, 2.45) is 0 Å². The summed E-state index contributed by atoms with van der Waals surface area (Å²) in [5.74, 6) is -0.836. The number of aromatic nitrogens is 1. The van der Waals surface area contributed by atoms with E-state index in [1.807, 2.05) is 42.6 Å². The molecule has 5 heteroatoms. The van der Waals surface area contributed by atoms with Gasteiger partial charge in [0.25, 0.3) is 0 Å². The number of fused-ring (bicyclic) bond motifs is 3.